The van der Waals surface area contributed by atoms with Crippen molar-refractivity contribution in [2.75, 3.05) is 5.75 Å². The van der Waals surface area contributed by atoms with Crippen LogP contribution in [0.1, 0.15) is 42.6 Å². The van der Waals surface area contributed by atoms with Gasteiger partial charge in [-0.05, 0) is 18.6 Å². The summed E-state index contributed by atoms with van der Waals surface area (Å²) < 4.78 is 10.2. The maximum Gasteiger partial charge on any atom is 0.232 e. The van der Waals surface area contributed by atoms with Crippen LogP contribution in [0.2, 0.25) is 0 Å². The smallest absolute Gasteiger partial charge is 0.232 e. The fourth-order valence-electron chi connectivity index (χ4n) is 1.63. The molecule has 0 unspecified atom stereocenters. The number of thioether (sulfide) groups is 1. The van der Waals surface area contributed by atoms with Gasteiger partial charge in [0.1, 0.15) is 17.3 Å². The molecule has 2 aromatic rings. The Labute approximate surface area is 121 Å². The molecule has 0 bridgehead atoms. The molecule has 0 aromatic carbocycles. The number of nitrogens with zero attached hydrogens (tertiary/aromatic N) is 4. The molecule has 2 heterocycles. The summed E-state index contributed by atoms with van der Waals surface area (Å²) in [6.07, 6.45) is 0.322. The van der Waals surface area contributed by atoms with Crippen molar-refractivity contribution in [3.05, 3.63) is 28.7 Å². The number of nitriles is 1. The van der Waals surface area contributed by atoms with Crippen LogP contribution in [0.3, 0.4) is 0 Å². The van der Waals surface area contributed by atoms with Crippen molar-refractivity contribution in [1.82, 2.24) is 15.3 Å². The summed E-state index contributed by atoms with van der Waals surface area (Å²) in [6.45, 7) is 6.05. The van der Waals surface area contributed by atoms with Crippen molar-refractivity contribution in [3.8, 4) is 6.07 Å². The Kier molecular flexibility index (Phi) is 4.79. The summed E-state index contributed by atoms with van der Waals surface area (Å²) in [5.74, 6) is 4.06. The monoisotopic (exact) mass is 292 g/mol. The lowest BCUT2D eigenvalue weighted by Crippen LogP contribution is -1.94. The second-order valence-corrected chi connectivity index (χ2v) is 5.89. The van der Waals surface area contributed by atoms with Crippen LogP contribution < -0.4 is 0 Å². The van der Waals surface area contributed by atoms with Gasteiger partial charge in [0.2, 0.25) is 5.89 Å². The standard InChI is InChI=1S/C13H16N4O2S/c1-8(2)6-20-7-12-15-13(19-17-12)4-11-10(5-14)9(3)18-16-11/h8H,4,6-7H2,1-3H3. The Hall–Kier alpha value is -1.81. The van der Waals surface area contributed by atoms with E-state index < -0.39 is 0 Å². The Bertz CT molecular complexity index is 612. The van der Waals surface area contributed by atoms with E-state index in [0.717, 1.165) is 11.5 Å². The van der Waals surface area contributed by atoms with E-state index in [2.05, 4.69) is 35.2 Å². The number of aryl methyl sites for hydroxylation is 1. The van der Waals surface area contributed by atoms with Gasteiger partial charge in [-0.1, -0.05) is 24.2 Å². The van der Waals surface area contributed by atoms with Crippen molar-refractivity contribution in [1.29, 1.82) is 5.26 Å². The number of hydrogen-bond acceptors (Lipinski definition) is 7. The van der Waals surface area contributed by atoms with Crippen LogP contribution in [0.15, 0.2) is 9.05 Å². The van der Waals surface area contributed by atoms with Crippen molar-refractivity contribution in [2.24, 2.45) is 5.92 Å². The third-order valence-corrected chi connectivity index (χ3v) is 3.92. The Morgan fingerprint density at radius 1 is 1.30 bits per heavy atom. The third kappa shape index (κ3) is 3.61. The molecular formula is C13H16N4O2S. The van der Waals surface area contributed by atoms with Gasteiger partial charge in [-0.2, -0.15) is 22.0 Å². The van der Waals surface area contributed by atoms with E-state index in [1.165, 1.54) is 0 Å². The summed E-state index contributed by atoms with van der Waals surface area (Å²) >= 11 is 1.77. The quantitative estimate of drug-likeness (QED) is 0.808. The average Bonchev–Trinajstić information content (AvgIpc) is 2.97. The summed E-state index contributed by atoms with van der Waals surface area (Å²) in [7, 11) is 0. The Morgan fingerprint density at radius 3 is 2.80 bits per heavy atom. The van der Waals surface area contributed by atoms with Gasteiger partial charge in [-0.15, -0.1) is 0 Å². The minimum absolute atomic E-state index is 0.322. The molecule has 6 nitrogen and oxygen atoms in total. The molecule has 0 radical (unpaired) electrons. The molecule has 0 saturated carbocycles. The molecular weight excluding hydrogens is 276 g/mol. The first kappa shape index (κ1) is 14.6. The van der Waals surface area contributed by atoms with E-state index in [1.807, 2.05) is 0 Å². The molecule has 0 aliphatic heterocycles. The van der Waals surface area contributed by atoms with Crippen molar-refractivity contribution in [2.45, 2.75) is 32.9 Å². The molecule has 0 saturated heterocycles. The normalized spacial score (nSPS) is 10.9. The van der Waals surface area contributed by atoms with Crippen LogP contribution in [0.4, 0.5) is 0 Å². The zero-order valence-electron chi connectivity index (χ0n) is 11.7. The van der Waals surface area contributed by atoms with Gasteiger partial charge in [0.05, 0.1) is 12.2 Å². The van der Waals surface area contributed by atoms with Crippen molar-refractivity contribution >= 4 is 11.8 Å². The molecule has 0 amide bonds. The molecule has 0 atom stereocenters. The van der Waals surface area contributed by atoms with E-state index in [0.29, 0.717) is 41.1 Å². The van der Waals surface area contributed by atoms with Gasteiger partial charge in [0, 0.05) is 0 Å². The van der Waals surface area contributed by atoms with Gasteiger partial charge >= 0.3 is 0 Å². The van der Waals surface area contributed by atoms with Gasteiger partial charge in [0.25, 0.3) is 0 Å². The number of hydrogen-bond donors (Lipinski definition) is 0. The molecule has 20 heavy (non-hydrogen) atoms. The highest BCUT2D eigenvalue weighted by Gasteiger charge is 2.16. The Balaban J connectivity index is 1.97. The molecule has 7 heteroatoms. The third-order valence-electron chi connectivity index (χ3n) is 2.56. The van der Waals surface area contributed by atoms with E-state index in [4.69, 9.17) is 14.3 Å². The lowest BCUT2D eigenvalue weighted by Gasteiger charge is -2.00. The fraction of sp³-hybridized carbons (Fsp3) is 0.538. The SMILES string of the molecule is Cc1onc(Cc2nc(CSCC(C)C)no2)c1C#N. The van der Waals surface area contributed by atoms with E-state index in [-0.39, 0.29) is 0 Å². The fourth-order valence-corrected chi connectivity index (χ4v) is 2.52. The molecule has 0 N–H and O–H groups in total. The first-order valence-corrected chi connectivity index (χ1v) is 7.50. The lowest BCUT2D eigenvalue weighted by atomic mass is 10.2. The highest BCUT2D eigenvalue weighted by atomic mass is 32.2. The van der Waals surface area contributed by atoms with Crippen LogP contribution in [0.5, 0.6) is 0 Å². The van der Waals surface area contributed by atoms with E-state index in [9.17, 15) is 0 Å². The summed E-state index contributed by atoms with van der Waals surface area (Å²) in [5.41, 5.74) is 0.981. The van der Waals surface area contributed by atoms with Crippen molar-refractivity contribution in [3.63, 3.8) is 0 Å². The largest absolute Gasteiger partial charge is 0.360 e. The van der Waals surface area contributed by atoms with Gasteiger partial charge in [0.15, 0.2) is 11.6 Å². The van der Waals surface area contributed by atoms with Gasteiger partial charge in [-0.3, -0.25) is 0 Å². The molecule has 0 fully saturated rings. The second-order valence-electron chi connectivity index (χ2n) is 4.86. The topological polar surface area (TPSA) is 88.7 Å². The van der Waals surface area contributed by atoms with Crippen molar-refractivity contribution < 1.29 is 9.05 Å². The highest BCUT2D eigenvalue weighted by molar-refractivity contribution is 7.98. The van der Waals surface area contributed by atoms with Gasteiger partial charge in [-0.25, -0.2) is 0 Å². The van der Waals surface area contributed by atoms with Crippen LogP contribution >= 0.6 is 11.8 Å². The zero-order valence-corrected chi connectivity index (χ0v) is 12.5. The van der Waals surface area contributed by atoms with Crippen LogP contribution in [0, 0.1) is 24.2 Å². The first-order valence-electron chi connectivity index (χ1n) is 6.34. The van der Waals surface area contributed by atoms with Crippen LogP contribution in [-0.4, -0.2) is 21.1 Å². The lowest BCUT2D eigenvalue weighted by molar-refractivity contribution is 0.369. The number of rotatable bonds is 6. The average molecular weight is 292 g/mol. The van der Waals surface area contributed by atoms with E-state index >= 15 is 0 Å². The van der Waals surface area contributed by atoms with Crippen LogP contribution in [-0.2, 0) is 12.2 Å². The summed E-state index contributed by atoms with van der Waals surface area (Å²) in [5, 5.41) is 16.8. The van der Waals surface area contributed by atoms with Gasteiger partial charge < -0.3 is 9.05 Å². The molecule has 0 aliphatic carbocycles. The highest BCUT2D eigenvalue weighted by Crippen LogP contribution is 2.17. The summed E-state index contributed by atoms with van der Waals surface area (Å²) in [6, 6.07) is 2.07. The van der Waals surface area contributed by atoms with E-state index in [1.54, 1.807) is 18.7 Å². The molecule has 2 rings (SSSR count). The molecule has 106 valence electrons. The Morgan fingerprint density at radius 2 is 2.10 bits per heavy atom. The minimum atomic E-state index is 0.322. The molecule has 0 spiro atoms. The first-order chi connectivity index (χ1) is 9.60. The molecule has 2 aromatic heterocycles. The minimum Gasteiger partial charge on any atom is -0.360 e. The predicted octanol–water partition coefficient (Wildman–Crippen LogP) is 2.72. The molecule has 0 aliphatic rings. The predicted molar refractivity (Wildman–Crippen MR) is 74.1 cm³/mol. The number of aromatic nitrogens is 3. The van der Waals surface area contributed by atoms with Crippen LogP contribution in [0.25, 0.3) is 0 Å². The second kappa shape index (κ2) is 6.57. The maximum absolute atomic E-state index is 9.02. The zero-order chi connectivity index (χ0) is 14.5. The summed E-state index contributed by atoms with van der Waals surface area (Å²) in [4.78, 5) is 4.30. The maximum atomic E-state index is 9.02.